The normalized spacial score (nSPS) is 12.0. The first-order valence-corrected chi connectivity index (χ1v) is 12.0. The Balaban J connectivity index is 1.94. The molecule has 3 nitrogen and oxygen atoms in total. The zero-order valence-electron chi connectivity index (χ0n) is 17.0. The van der Waals surface area contributed by atoms with Crippen molar-refractivity contribution in [1.29, 1.82) is 0 Å². The summed E-state index contributed by atoms with van der Waals surface area (Å²) in [5.74, 6) is -0.975. The largest absolute Gasteiger partial charge is 0.310 e. The van der Waals surface area contributed by atoms with Crippen LogP contribution in [-0.2, 0) is 4.79 Å². The first-order valence-electron chi connectivity index (χ1n) is 10.1. The summed E-state index contributed by atoms with van der Waals surface area (Å²) in [6.07, 6.45) is 0.890. The van der Waals surface area contributed by atoms with Crippen LogP contribution in [0.2, 0.25) is 0 Å². The Morgan fingerprint density at radius 1 is 0.613 bits per heavy atom. The van der Waals surface area contributed by atoms with Crippen molar-refractivity contribution in [1.82, 2.24) is 5.32 Å². The summed E-state index contributed by atoms with van der Waals surface area (Å²) in [5, 5.41) is 6.18. The number of carbonyl (C=O) groups is 2. The maximum Gasteiger partial charge on any atom is 0.254 e. The third-order valence-corrected chi connectivity index (χ3v) is 9.77. The molecule has 31 heavy (non-hydrogen) atoms. The number of amides is 1. The molecule has 4 aromatic rings. The fraction of sp³-hybridized carbons (Fsp3) is 0.0370. The van der Waals surface area contributed by atoms with E-state index >= 15 is 0 Å². The highest BCUT2D eigenvalue weighted by Gasteiger charge is 2.53. The van der Waals surface area contributed by atoms with E-state index in [1.54, 1.807) is 12.1 Å². The lowest BCUT2D eigenvalue weighted by molar-refractivity contribution is -0.107. The van der Waals surface area contributed by atoms with E-state index in [2.05, 4.69) is 41.7 Å². The molecule has 0 bridgehead atoms. The van der Waals surface area contributed by atoms with Crippen LogP contribution in [0.5, 0.6) is 0 Å². The first kappa shape index (κ1) is 20.7. The third-order valence-electron chi connectivity index (χ3n) is 5.35. The van der Waals surface area contributed by atoms with Crippen molar-refractivity contribution < 1.29 is 9.59 Å². The predicted octanol–water partition coefficient (Wildman–Crippen LogP) is 3.94. The molecule has 0 aliphatic rings. The van der Waals surface area contributed by atoms with Crippen LogP contribution in [0, 0.1) is 0 Å². The van der Waals surface area contributed by atoms with Gasteiger partial charge in [-0.2, -0.15) is 0 Å². The smallest absolute Gasteiger partial charge is 0.254 e. The van der Waals surface area contributed by atoms with E-state index in [1.165, 1.54) is 0 Å². The van der Waals surface area contributed by atoms with E-state index in [1.807, 2.05) is 72.8 Å². The van der Waals surface area contributed by atoms with Gasteiger partial charge in [0.25, 0.3) is 5.91 Å². The first-order chi connectivity index (χ1) is 15.3. The average Bonchev–Trinajstić information content (AvgIpc) is 2.86. The summed E-state index contributed by atoms with van der Waals surface area (Å²) in [5.41, 5.74) is 0.529. The molecule has 1 amide bonds. The highest BCUT2D eigenvalue weighted by molar-refractivity contribution is 7.96. The number of hydrogen-bond donors (Lipinski definition) is 1. The minimum atomic E-state index is -2.54. The lowest BCUT2D eigenvalue weighted by atomic mass is 10.2. The lowest BCUT2D eigenvalue weighted by Crippen LogP contribution is -2.48. The minimum Gasteiger partial charge on any atom is -0.310 e. The van der Waals surface area contributed by atoms with Gasteiger partial charge in [-0.05, 0) is 48.5 Å². The van der Waals surface area contributed by atoms with Crippen molar-refractivity contribution in [2.24, 2.45) is 0 Å². The van der Waals surface area contributed by atoms with Crippen molar-refractivity contribution >= 4 is 35.4 Å². The molecule has 0 aliphatic carbocycles. The monoisotopic (exact) mass is 424 g/mol. The molecule has 1 N–H and O–H groups in total. The molecule has 0 fully saturated rings. The molecule has 0 heterocycles. The Hall–Kier alpha value is -3.55. The molecule has 0 saturated heterocycles. The molecule has 4 rings (SSSR count). The van der Waals surface area contributed by atoms with Crippen molar-refractivity contribution in [2.45, 2.75) is 5.78 Å². The fourth-order valence-corrected chi connectivity index (χ4v) is 8.23. The summed E-state index contributed by atoms with van der Waals surface area (Å²) >= 11 is 0. The number of nitrogens with one attached hydrogen (secondary N) is 1. The Morgan fingerprint density at radius 2 is 0.968 bits per heavy atom. The summed E-state index contributed by atoms with van der Waals surface area (Å²) in [6, 6.07) is 39.1. The molecule has 1 atom stereocenters. The van der Waals surface area contributed by atoms with Crippen molar-refractivity contribution in [2.75, 3.05) is 0 Å². The molecule has 0 unspecified atom stereocenters. The number of rotatable bonds is 7. The summed E-state index contributed by atoms with van der Waals surface area (Å²) in [6.45, 7) is 0. The molecule has 0 radical (unpaired) electrons. The van der Waals surface area contributed by atoms with E-state index in [-0.39, 0.29) is 5.91 Å². The van der Waals surface area contributed by atoms with Gasteiger partial charge < -0.3 is 5.32 Å². The van der Waals surface area contributed by atoms with Gasteiger partial charge in [0.1, 0.15) is 23.2 Å². The van der Waals surface area contributed by atoms with Crippen LogP contribution in [0.1, 0.15) is 10.4 Å². The molecule has 4 aromatic carbocycles. The fourth-order valence-electron chi connectivity index (χ4n) is 3.95. The molecular weight excluding hydrogens is 401 g/mol. The maximum absolute atomic E-state index is 13.1. The van der Waals surface area contributed by atoms with Gasteiger partial charge in [0, 0.05) is 5.56 Å². The minimum absolute atomic E-state index is 0.259. The average molecular weight is 424 g/mol. The predicted molar refractivity (Wildman–Crippen MR) is 129 cm³/mol. The van der Waals surface area contributed by atoms with E-state index in [0.717, 1.165) is 22.2 Å². The van der Waals surface area contributed by atoms with E-state index in [4.69, 9.17) is 0 Å². The zero-order chi connectivity index (χ0) is 21.5. The third kappa shape index (κ3) is 4.05. The van der Waals surface area contributed by atoms with Crippen LogP contribution in [-0.4, -0.2) is 18.0 Å². The molecule has 0 aliphatic heterocycles. The molecule has 0 aromatic heterocycles. The topological polar surface area (TPSA) is 46.2 Å². The molecule has 0 spiro atoms. The SMILES string of the molecule is O=C[C@H](NC(=O)c1ccccc1)[P+](c1ccccc1)(c1ccccc1)c1ccccc1. The van der Waals surface area contributed by atoms with E-state index in [9.17, 15) is 9.59 Å². The lowest BCUT2D eigenvalue weighted by Gasteiger charge is -2.32. The second kappa shape index (κ2) is 9.51. The van der Waals surface area contributed by atoms with Gasteiger partial charge >= 0.3 is 0 Å². The number of aldehydes is 1. The van der Waals surface area contributed by atoms with E-state index < -0.39 is 13.0 Å². The highest BCUT2D eigenvalue weighted by Crippen LogP contribution is 2.58. The summed E-state index contributed by atoms with van der Waals surface area (Å²) in [7, 11) is -2.54. The van der Waals surface area contributed by atoms with Gasteiger partial charge in [-0.1, -0.05) is 72.8 Å². The molecule has 0 saturated carbocycles. The highest BCUT2D eigenvalue weighted by atomic mass is 31.2. The van der Waals surface area contributed by atoms with Gasteiger partial charge in [0.05, 0.1) is 0 Å². The van der Waals surface area contributed by atoms with Crippen LogP contribution in [0.4, 0.5) is 0 Å². The Bertz CT molecular complexity index is 1040. The van der Waals surface area contributed by atoms with Crippen molar-refractivity contribution in [3.8, 4) is 0 Å². The van der Waals surface area contributed by atoms with Crippen LogP contribution in [0.15, 0.2) is 121 Å². The number of hydrogen-bond acceptors (Lipinski definition) is 2. The van der Waals surface area contributed by atoms with E-state index in [0.29, 0.717) is 5.56 Å². The van der Waals surface area contributed by atoms with Gasteiger partial charge in [-0.3, -0.25) is 9.59 Å². The van der Waals surface area contributed by atoms with Crippen molar-refractivity contribution in [3.63, 3.8) is 0 Å². The Kier molecular flexibility index (Phi) is 6.35. The van der Waals surface area contributed by atoms with Gasteiger partial charge in [-0.15, -0.1) is 0 Å². The summed E-state index contributed by atoms with van der Waals surface area (Å²) in [4.78, 5) is 25.8. The number of carbonyl (C=O) groups excluding carboxylic acids is 2. The standard InChI is InChI=1S/C27H22NO2P/c29-21-26(28-27(30)22-13-5-1-6-14-22)31(23-15-7-2-8-16-23,24-17-9-3-10-18-24)25-19-11-4-12-20-25/h1-21,26H/p+1/t26-/m1/s1. The molecule has 4 heteroatoms. The maximum atomic E-state index is 13.1. The van der Waals surface area contributed by atoms with Gasteiger partial charge in [-0.25, -0.2) is 0 Å². The second-order valence-corrected chi connectivity index (χ2v) is 10.7. The molecular formula is C27H23NO2P+. The Morgan fingerprint density at radius 3 is 1.32 bits per heavy atom. The van der Waals surface area contributed by atoms with Crippen LogP contribution < -0.4 is 21.2 Å². The number of benzene rings is 4. The summed E-state index contributed by atoms with van der Waals surface area (Å²) < 4.78 is 0. The van der Waals surface area contributed by atoms with Gasteiger partial charge in [0.15, 0.2) is 6.29 Å². The van der Waals surface area contributed by atoms with Crippen LogP contribution in [0.25, 0.3) is 0 Å². The van der Waals surface area contributed by atoms with Crippen LogP contribution in [0.3, 0.4) is 0 Å². The van der Waals surface area contributed by atoms with Crippen molar-refractivity contribution in [3.05, 3.63) is 127 Å². The van der Waals surface area contributed by atoms with Crippen LogP contribution >= 0.6 is 7.26 Å². The van der Waals surface area contributed by atoms with Gasteiger partial charge in [0.2, 0.25) is 5.78 Å². The zero-order valence-corrected chi connectivity index (χ0v) is 17.9. The second-order valence-electron chi connectivity index (χ2n) is 7.15. The molecule has 152 valence electrons. The quantitative estimate of drug-likeness (QED) is 0.361. The Labute approximate surface area is 183 Å².